The van der Waals surface area contributed by atoms with Gasteiger partial charge in [-0.2, -0.15) is 0 Å². The summed E-state index contributed by atoms with van der Waals surface area (Å²) in [6.07, 6.45) is 1.02. The molecule has 36 heavy (non-hydrogen) atoms. The number of sulfonamides is 1. The van der Waals surface area contributed by atoms with E-state index >= 15 is 0 Å². The Balaban J connectivity index is 2.18. The van der Waals surface area contributed by atoms with E-state index in [4.69, 9.17) is 0 Å². The highest BCUT2D eigenvalue weighted by molar-refractivity contribution is 9.10. The molecule has 2 aromatic rings. The smallest absolute Gasteiger partial charge is 0.242 e. The standard InChI is InChI=1S/C25H32BrF2N3O4S/c1-17(2)15-29-25(33)18(3)30(16-19-7-5-8-20(26)13-19)24(32)9-6-12-31(36(4,34)35)21-10-11-22(27)23(28)14-21/h5,7-8,10-11,13-14,17-18H,6,9,12,15-16H2,1-4H3,(H,29,33)/t18-/m1/s1. The number of hydrogen-bond acceptors (Lipinski definition) is 4. The van der Waals surface area contributed by atoms with Crippen LogP contribution in [0.4, 0.5) is 14.5 Å². The summed E-state index contributed by atoms with van der Waals surface area (Å²) >= 11 is 3.41. The summed E-state index contributed by atoms with van der Waals surface area (Å²) in [5.41, 5.74) is 0.789. The maximum Gasteiger partial charge on any atom is 0.242 e. The summed E-state index contributed by atoms with van der Waals surface area (Å²) in [4.78, 5) is 27.4. The third-order valence-corrected chi connectivity index (χ3v) is 7.12. The number of hydrogen-bond donors (Lipinski definition) is 1. The second kappa shape index (κ2) is 13.1. The van der Waals surface area contributed by atoms with E-state index in [0.29, 0.717) is 6.54 Å². The van der Waals surface area contributed by atoms with Gasteiger partial charge in [-0.15, -0.1) is 0 Å². The average molecular weight is 589 g/mol. The van der Waals surface area contributed by atoms with Gasteiger partial charge in [-0.3, -0.25) is 13.9 Å². The van der Waals surface area contributed by atoms with E-state index in [2.05, 4.69) is 21.2 Å². The molecule has 0 bridgehead atoms. The second-order valence-electron chi connectivity index (χ2n) is 9.00. The first-order valence-electron chi connectivity index (χ1n) is 11.5. The van der Waals surface area contributed by atoms with Crippen molar-refractivity contribution in [3.05, 3.63) is 64.1 Å². The van der Waals surface area contributed by atoms with Crippen molar-refractivity contribution in [2.45, 2.75) is 46.2 Å². The fourth-order valence-corrected chi connectivity index (χ4v) is 4.92. The van der Waals surface area contributed by atoms with Gasteiger partial charge in [0, 0.05) is 36.6 Å². The lowest BCUT2D eigenvalue weighted by Gasteiger charge is -2.29. The zero-order valence-electron chi connectivity index (χ0n) is 20.8. The van der Waals surface area contributed by atoms with Crippen molar-refractivity contribution in [1.29, 1.82) is 0 Å². The molecule has 0 saturated heterocycles. The highest BCUT2D eigenvalue weighted by Crippen LogP contribution is 2.22. The van der Waals surface area contributed by atoms with Gasteiger partial charge < -0.3 is 10.2 Å². The molecule has 0 heterocycles. The van der Waals surface area contributed by atoms with Crippen LogP contribution in [-0.4, -0.2) is 50.5 Å². The Kier molecular flexibility index (Phi) is 10.8. The summed E-state index contributed by atoms with van der Waals surface area (Å²) in [5.74, 6) is -2.63. The first kappa shape index (κ1) is 29.7. The number of benzene rings is 2. The predicted octanol–water partition coefficient (Wildman–Crippen LogP) is 4.46. The average Bonchev–Trinajstić information content (AvgIpc) is 2.79. The zero-order chi connectivity index (χ0) is 27.0. The first-order chi connectivity index (χ1) is 16.8. The van der Waals surface area contributed by atoms with Gasteiger partial charge in [-0.25, -0.2) is 17.2 Å². The SMILES string of the molecule is CC(C)CNC(=O)[C@@H](C)N(Cc1cccc(Br)c1)C(=O)CCCN(c1ccc(F)c(F)c1)S(C)(=O)=O. The minimum absolute atomic E-state index is 0.0312. The third kappa shape index (κ3) is 8.85. The molecule has 0 aliphatic rings. The van der Waals surface area contributed by atoms with Crippen LogP contribution >= 0.6 is 15.9 Å². The van der Waals surface area contributed by atoms with Crippen molar-refractivity contribution in [1.82, 2.24) is 10.2 Å². The van der Waals surface area contributed by atoms with Gasteiger partial charge in [0.2, 0.25) is 21.8 Å². The van der Waals surface area contributed by atoms with Crippen LogP contribution in [0.5, 0.6) is 0 Å². The highest BCUT2D eigenvalue weighted by atomic mass is 79.9. The highest BCUT2D eigenvalue weighted by Gasteiger charge is 2.27. The molecule has 0 aliphatic heterocycles. The third-order valence-electron chi connectivity index (χ3n) is 5.44. The fraction of sp³-hybridized carbons (Fsp3) is 0.440. The molecule has 198 valence electrons. The molecule has 0 radical (unpaired) electrons. The Hall–Kier alpha value is -2.53. The van der Waals surface area contributed by atoms with E-state index in [1.165, 1.54) is 11.0 Å². The minimum atomic E-state index is -3.81. The molecule has 11 heteroatoms. The van der Waals surface area contributed by atoms with Crippen molar-refractivity contribution in [2.75, 3.05) is 23.7 Å². The molecule has 7 nitrogen and oxygen atoms in total. The molecule has 1 N–H and O–H groups in total. The second-order valence-corrected chi connectivity index (χ2v) is 11.8. The number of carbonyl (C=O) groups is 2. The summed E-state index contributed by atoms with van der Waals surface area (Å²) in [6, 6.07) is 9.45. The van der Waals surface area contributed by atoms with Gasteiger partial charge in [0.05, 0.1) is 11.9 Å². The summed E-state index contributed by atoms with van der Waals surface area (Å²) in [6.45, 7) is 6.13. The molecule has 0 fully saturated rings. The number of rotatable bonds is 12. The van der Waals surface area contributed by atoms with Gasteiger partial charge >= 0.3 is 0 Å². The van der Waals surface area contributed by atoms with Crippen LogP contribution in [0, 0.1) is 17.6 Å². The van der Waals surface area contributed by atoms with Crippen molar-refractivity contribution < 1.29 is 26.8 Å². The molecule has 2 rings (SSSR count). The normalized spacial score (nSPS) is 12.3. The molecule has 2 aromatic carbocycles. The number of nitrogens with zero attached hydrogens (tertiary/aromatic N) is 2. The van der Waals surface area contributed by atoms with Crippen molar-refractivity contribution in [3.8, 4) is 0 Å². The van der Waals surface area contributed by atoms with E-state index in [-0.39, 0.29) is 49.4 Å². The van der Waals surface area contributed by atoms with Crippen LogP contribution in [0.3, 0.4) is 0 Å². The van der Waals surface area contributed by atoms with Crippen molar-refractivity contribution in [2.24, 2.45) is 5.92 Å². The molecular weight excluding hydrogens is 556 g/mol. The Morgan fingerprint density at radius 2 is 1.75 bits per heavy atom. The number of halogens is 3. The molecule has 0 aliphatic carbocycles. The van der Waals surface area contributed by atoms with E-state index in [1.807, 2.05) is 38.1 Å². The fourth-order valence-electron chi connectivity index (χ4n) is 3.51. The lowest BCUT2D eigenvalue weighted by atomic mass is 10.1. The lowest BCUT2D eigenvalue weighted by Crippen LogP contribution is -2.48. The predicted molar refractivity (Wildman–Crippen MR) is 140 cm³/mol. The number of nitrogens with one attached hydrogen (secondary N) is 1. The molecule has 0 unspecified atom stereocenters. The Morgan fingerprint density at radius 1 is 1.06 bits per heavy atom. The van der Waals surface area contributed by atoms with Gasteiger partial charge in [-0.1, -0.05) is 41.9 Å². The van der Waals surface area contributed by atoms with Gasteiger partial charge in [-0.05, 0) is 49.1 Å². The van der Waals surface area contributed by atoms with Gasteiger partial charge in [0.15, 0.2) is 11.6 Å². The maximum absolute atomic E-state index is 13.7. The Bertz CT molecular complexity index is 1180. The minimum Gasteiger partial charge on any atom is -0.354 e. The molecule has 0 spiro atoms. The molecular formula is C25H32BrF2N3O4S. The van der Waals surface area contributed by atoms with Gasteiger partial charge in [0.25, 0.3) is 0 Å². The summed E-state index contributed by atoms with van der Waals surface area (Å²) in [7, 11) is -3.81. The zero-order valence-corrected chi connectivity index (χ0v) is 23.2. The summed E-state index contributed by atoms with van der Waals surface area (Å²) in [5, 5.41) is 2.84. The van der Waals surface area contributed by atoms with Crippen LogP contribution in [0.1, 0.15) is 39.2 Å². The monoisotopic (exact) mass is 587 g/mol. The Morgan fingerprint density at radius 3 is 2.33 bits per heavy atom. The topological polar surface area (TPSA) is 86.8 Å². The van der Waals surface area contributed by atoms with Gasteiger partial charge in [0.1, 0.15) is 6.04 Å². The lowest BCUT2D eigenvalue weighted by molar-refractivity contribution is -0.140. The largest absolute Gasteiger partial charge is 0.354 e. The molecule has 2 amide bonds. The Labute approximate surface area is 220 Å². The van der Waals surface area contributed by atoms with E-state index in [1.54, 1.807) is 6.92 Å². The molecule has 0 aromatic heterocycles. The van der Waals surface area contributed by atoms with Crippen LogP contribution in [0.15, 0.2) is 46.9 Å². The van der Waals surface area contributed by atoms with Crippen molar-refractivity contribution in [3.63, 3.8) is 0 Å². The van der Waals surface area contributed by atoms with Crippen LogP contribution in [0.2, 0.25) is 0 Å². The summed E-state index contributed by atoms with van der Waals surface area (Å²) < 4.78 is 53.4. The number of anilines is 1. The van der Waals surface area contributed by atoms with E-state index in [9.17, 15) is 26.8 Å². The van der Waals surface area contributed by atoms with Crippen LogP contribution < -0.4 is 9.62 Å². The molecule has 1 atom stereocenters. The first-order valence-corrected chi connectivity index (χ1v) is 14.2. The van der Waals surface area contributed by atoms with Crippen LogP contribution in [0.25, 0.3) is 0 Å². The quantitative estimate of drug-likeness (QED) is 0.397. The number of amides is 2. The van der Waals surface area contributed by atoms with E-state index in [0.717, 1.165) is 32.7 Å². The maximum atomic E-state index is 13.7. The number of carbonyl (C=O) groups excluding carboxylic acids is 2. The van der Waals surface area contributed by atoms with Crippen molar-refractivity contribution >= 4 is 43.5 Å². The molecule has 0 saturated carbocycles. The van der Waals surface area contributed by atoms with Crippen LogP contribution in [-0.2, 0) is 26.2 Å². The van der Waals surface area contributed by atoms with E-state index < -0.39 is 27.7 Å².